The maximum Gasteiger partial charge on any atom is 0.349 e. The Labute approximate surface area is 256 Å². The van der Waals surface area contributed by atoms with Gasteiger partial charge in [0.25, 0.3) is 17.7 Å². The molecule has 4 N–H and O–H groups in total. The molecule has 0 saturated heterocycles. The Morgan fingerprint density at radius 3 is 1.64 bits per heavy atom. The van der Waals surface area contributed by atoms with Crippen molar-refractivity contribution >= 4 is 41.3 Å². The lowest BCUT2D eigenvalue weighted by Gasteiger charge is -2.23. The maximum absolute atomic E-state index is 13.1. The summed E-state index contributed by atoms with van der Waals surface area (Å²) in [6.07, 6.45) is -4.49. The van der Waals surface area contributed by atoms with Crippen LogP contribution in [0, 0.1) is 6.92 Å². The van der Waals surface area contributed by atoms with Gasteiger partial charge in [-0.3, -0.25) is 25.2 Å². The van der Waals surface area contributed by atoms with E-state index >= 15 is 0 Å². The number of aliphatic carboxylic acids is 1. The number of carbonyl (C=O) groups is 6. The van der Waals surface area contributed by atoms with Gasteiger partial charge in [0.1, 0.15) is 0 Å². The van der Waals surface area contributed by atoms with Crippen molar-refractivity contribution in [3.8, 4) is 0 Å². The van der Waals surface area contributed by atoms with Crippen molar-refractivity contribution in [2.45, 2.75) is 19.1 Å². The summed E-state index contributed by atoms with van der Waals surface area (Å²) in [5.41, 5.74) is 5.95. The molecule has 228 valence electrons. The Morgan fingerprint density at radius 1 is 0.578 bits per heavy atom. The quantitative estimate of drug-likeness (QED) is 0.155. The van der Waals surface area contributed by atoms with E-state index < -0.39 is 41.9 Å². The van der Waals surface area contributed by atoms with Crippen LogP contribution in [0.4, 0.5) is 5.69 Å². The predicted octanol–water partition coefficient (Wildman–Crippen LogP) is 3.54. The van der Waals surface area contributed by atoms with E-state index in [1.807, 2.05) is 18.4 Å². The van der Waals surface area contributed by atoms with E-state index in [1.165, 1.54) is 72.8 Å². The number of aryl methyl sites for hydroxylation is 1. The number of amides is 3. The van der Waals surface area contributed by atoms with Gasteiger partial charge in [-0.05, 0) is 67.6 Å². The fourth-order valence-corrected chi connectivity index (χ4v) is 3.97. The normalized spacial score (nSPS) is 11.7. The molecule has 4 rings (SSSR count). The summed E-state index contributed by atoms with van der Waals surface area (Å²) in [6, 6.07) is 27.5. The van der Waals surface area contributed by atoms with E-state index in [9.17, 15) is 33.9 Å². The molecule has 0 spiro atoms. The highest BCUT2D eigenvalue weighted by Gasteiger charge is 2.41. The van der Waals surface area contributed by atoms with Gasteiger partial charge in [0.15, 0.2) is 0 Å². The van der Waals surface area contributed by atoms with E-state index in [0.29, 0.717) is 11.3 Å². The average molecular weight is 610 g/mol. The molecule has 2 atom stereocenters. The van der Waals surface area contributed by atoms with Crippen LogP contribution in [0.25, 0.3) is 0 Å². The molecule has 12 heteroatoms. The lowest BCUT2D eigenvalue weighted by atomic mass is 10.1. The van der Waals surface area contributed by atoms with Crippen LogP contribution in [-0.4, -0.2) is 52.9 Å². The van der Waals surface area contributed by atoms with Crippen LogP contribution in [-0.2, 0) is 19.1 Å². The number of carbonyl (C=O) groups excluding carboxylic acids is 5. The largest absolute Gasteiger partial charge is 0.478 e. The number of rotatable bonds is 10. The number of hydrogen-bond acceptors (Lipinski definition) is 8. The number of carboxylic acid groups (broad SMARTS) is 1. The van der Waals surface area contributed by atoms with Gasteiger partial charge >= 0.3 is 17.9 Å². The van der Waals surface area contributed by atoms with E-state index in [1.54, 1.807) is 30.3 Å². The van der Waals surface area contributed by atoms with Crippen LogP contribution in [0.15, 0.2) is 109 Å². The third kappa shape index (κ3) is 8.61. The summed E-state index contributed by atoms with van der Waals surface area (Å²) in [5.74, 6) is -6.40. The first-order chi connectivity index (χ1) is 21.6. The van der Waals surface area contributed by atoms with E-state index in [0.717, 1.165) is 5.56 Å². The lowest BCUT2D eigenvalue weighted by Crippen LogP contribution is -2.54. The van der Waals surface area contributed by atoms with Crippen molar-refractivity contribution in [1.82, 2.24) is 10.9 Å². The number of nitrogens with one attached hydrogen (secondary N) is 3. The Bertz CT molecular complexity index is 1710. The van der Waals surface area contributed by atoms with Gasteiger partial charge in [0, 0.05) is 16.8 Å². The molecular formula is C33H27N3O9. The molecule has 12 nitrogen and oxygen atoms in total. The Hall–Kier alpha value is -6.30. The third-order valence-electron chi connectivity index (χ3n) is 6.25. The molecule has 45 heavy (non-hydrogen) atoms. The smallest absolute Gasteiger partial charge is 0.349 e. The topological polar surface area (TPSA) is 177 Å². The molecule has 0 radical (unpaired) electrons. The zero-order valence-corrected chi connectivity index (χ0v) is 23.8. The molecule has 0 unspecified atom stereocenters. The summed E-state index contributed by atoms with van der Waals surface area (Å²) in [5, 5.41) is 12.5. The van der Waals surface area contributed by atoms with Crippen molar-refractivity contribution < 1.29 is 43.3 Å². The highest BCUT2D eigenvalue weighted by Crippen LogP contribution is 2.15. The summed E-state index contributed by atoms with van der Waals surface area (Å²) in [6.45, 7) is 1.86. The van der Waals surface area contributed by atoms with Crippen molar-refractivity contribution in [3.05, 3.63) is 137 Å². The van der Waals surface area contributed by atoms with Crippen molar-refractivity contribution in [3.63, 3.8) is 0 Å². The van der Waals surface area contributed by atoms with Crippen LogP contribution >= 0.6 is 0 Å². The van der Waals surface area contributed by atoms with Gasteiger partial charge in [-0.1, -0.05) is 54.1 Å². The van der Waals surface area contributed by atoms with Crippen LogP contribution in [0.5, 0.6) is 0 Å². The molecule has 0 aliphatic heterocycles. The summed E-state index contributed by atoms with van der Waals surface area (Å²) in [7, 11) is 0. The minimum Gasteiger partial charge on any atom is -0.478 e. The Balaban J connectivity index is 1.45. The van der Waals surface area contributed by atoms with Gasteiger partial charge in [-0.15, -0.1) is 0 Å². The fraction of sp³-hybridized carbons (Fsp3) is 0.0909. The van der Waals surface area contributed by atoms with E-state index in [-0.39, 0.29) is 22.6 Å². The number of esters is 2. The molecule has 0 bridgehead atoms. The molecule has 4 aromatic rings. The molecule has 0 heterocycles. The zero-order chi connectivity index (χ0) is 32.3. The van der Waals surface area contributed by atoms with E-state index in [4.69, 9.17) is 9.47 Å². The van der Waals surface area contributed by atoms with Crippen LogP contribution in [0.3, 0.4) is 0 Å². The number of hydrogen-bond donors (Lipinski definition) is 4. The third-order valence-corrected chi connectivity index (χ3v) is 6.25. The lowest BCUT2D eigenvalue weighted by molar-refractivity contribution is -0.159. The summed E-state index contributed by atoms with van der Waals surface area (Å²) < 4.78 is 10.3. The summed E-state index contributed by atoms with van der Waals surface area (Å²) in [4.78, 5) is 75.9. The number of carboxylic acids is 1. The number of benzene rings is 4. The van der Waals surface area contributed by atoms with Crippen molar-refractivity contribution in [1.29, 1.82) is 0 Å². The van der Waals surface area contributed by atoms with Crippen LogP contribution in [0.2, 0.25) is 0 Å². The highest BCUT2D eigenvalue weighted by molar-refractivity contribution is 6.05. The Morgan fingerprint density at radius 2 is 1.11 bits per heavy atom. The first-order valence-corrected chi connectivity index (χ1v) is 13.5. The van der Waals surface area contributed by atoms with Gasteiger partial charge in [-0.25, -0.2) is 14.4 Å². The molecule has 0 aliphatic rings. The minimum atomic E-state index is -2.28. The molecule has 3 amide bonds. The van der Waals surface area contributed by atoms with Crippen LogP contribution in [0.1, 0.15) is 47.0 Å². The maximum atomic E-state index is 13.1. The first kappa shape index (κ1) is 31.6. The van der Waals surface area contributed by atoms with Crippen LogP contribution < -0.4 is 16.2 Å². The number of hydrazine groups is 1. The Kier molecular flexibility index (Phi) is 10.4. The molecule has 0 saturated carbocycles. The molecule has 4 aromatic carbocycles. The van der Waals surface area contributed by atoms with E-state index in [2.05, 4.69) is 10.7 Å². The number of ether oxygens (including phenoxy) is 2. The molecule has 0 fully saturated rings. The molecular weight excluding hydrogens is 582 g/mol. The standard InChI is InChI=1S/C33H27N3O9/c1-20-9-8-14-24(19-20)28(37)34-25-17-15-21(16-18-25)29(38)35-36-30(39)26(44-32(42)22-10-4-2-5-11-22)27(31(40)41)45-33(43)23-12-6-3-7-13-23/h2-19,26-27H,1H3,(H,34,37)(H,35,38)(H,36,39)(H,40,41)/t26-,27-/m1/s1. The van der Waals surface area contributed by atoms with Gasteiger partial charge in [0.2, 0.25) is 12.2 Å². The number of anilines is 1. The second-order valence-electron chi connectivity index (χ2n) is 9.57. The van der Waals surface area contributed by atoms with Crippen molar-refractivity contribution in [2.24, 2.45) is 0 Å². The molecule has 0 aromatic heterocycles. The zero-order valence-electron chi connectivity index (χ0n) is 23.8. The average Bonchev–Trinajstić information content (AvgIpc) is 3.05. The molecule has 0 aliphatic carbocycles. The van der Waals surface area contributed by atoms with Gasteiger partial charge in [-0.2, -0.15) is 0 Å². The summed E-state index contributed by atoms with van der Waals surface area (Å²) >= 11 is 0. The second-order valence-corrected chi connectivity index (χ2v) is 9.57. The minimum absolute atomic E-state index is 0.00700. The fourth-order valence-electron chi connectivity index (χ4n) is 3.97. The monoisotopic (exact) mass is 609 g/mol. The SMILES string of the molecule is Cc1cccc(C(=O)Nc2ccc(C(=O)NNC(=O)[C@H](OC(=O)c3ccccc3)[C@@H](OC(=O)c3ccccc3)C(=O)O)cc2)c1. The predicted molar refractivity (Wildman–Crippen MR) is 160 cm³/mol. The second kappa shape index (κ2) is 14.7. The van der Waals surface area contributed by atoms with Crippen molar-refractivity contribution in [2.75, 3.05) is 5.32 Å². The van der Waals surface area contributed by atoms with Gasteiger partial charge < -0.3 is 19.9 Å². The highest BCUT2D eigenvalue weighted by atomic mass is 16.6. The van der Waals surface area contributed by atoms with Gasteiger partial charge in [0.05, 0.1) is 11.1 Å². The first-order valence-electron chi connectivity index (χ1n) is 13.5.